The maximum absolute atomic E-state index is 13.4. The molecule has 0 radical (unpaired) electrons. The molecule has 7 heteroatoms. The predicted octanol–water partition coefficient (Wildman–Crippen LogP) is 3.54. The third-order valence-corrected chi connectivity index (χ3v) is 5.06. The fraction of sp³-hybridized carbons (Fsp3) is 0.381. The molecule has 1 aromatic carbocycles. The average molecular weight is 381 g/mol. The van der Waals surface area contributed by atoms with Gasteiger partial charge in [0.2, 0.25) is 11.9 Å². The van der Waals surface area contributed by atoms with Crippen molar-refractivity contribution in [2.45, 2.75) is 32.7 Å². The van der Waals surface area contributed by atoms with Gasteiger partial charge in [-0.05, 0) is 37.6 Å². The Morgan fingerprint density at radius 2 is 2.04 bits per heavy atom. The number of rotatable bonds is 6. The highest BCUT2D eigenvalue weighted by atomic mass is 16.5. The maximum atomic E-state index is 13.4. The van der Waals surface area contributed by atoms with E-state index in [1.165, 1.54) is 0 Å². The summed E-state index contributed by atoms with van der Waals surface area (Å²) in [6.07, 6.45) is 3.29. The zero-order valence-electron chi connectivity index (χ0n) is 16.0. The normalized spacial score (nSPS) is 19.1. The summed E-state index contributed by atoms with van der Waals surface area (Å²) < 4.78 is 12.9. The van der Waals surface area contributed by atoms with Crippen LogP contribution in [0.3, 0.4) is 0 Å². The number of benzene rings is 1. The zero-order valence-corrected chi connectivity index (χ0v) is 16.0. The van der Waals surface area contributed by atoms with E-state index in [-0.39, 0.29) is 12.5 Å². The van der Waals surface area contributed by atoms with Crippen LogP contribution in [0.25, 0.3) is 11.0 Å². The van der Waals surface area contributed by atoms with Gasteiger partial charge in [-0.1, -0.05) is 25.5 Å². The van der Waals surface area contributed by atoms with Crippen molar-refractivity contribution in [3.63, 3.8) is 0 Å². The Morgan fingerprint density at radius 1 is 1.21 bits per heavy atom. The van der Waals surface area contributed by atoms with Crippen molar-refractivity contribution in [2.75, 3.05) is 18.1 Å². The molecule has 28 heavy (non-hydrogen) atoms. The number of unbranched alkanes of at least 4 members (excludes halogenated alkanes) is 1. The number of imidazole rings is 1. The van der Waals surface area contributed by atoms with E-state index in [4.69, 9.17) is 14.1 Å². The number of esters is 1. The van der Waals surface area contributed by atoms with E-state index in [1.807, 2.05) is 28.8 Å². The summed E-state index contributed by atoms with van der Waals surface area (Å²) in [6.45, 7) is 4.51. The summed E-state index contributed by atoms with van der Waals surface area (Å²) in [5, 5.41) is 0. The van der Waals surface area contributed by atoms with E-state index in [0.717, 1.165) is 23.9 Å². The van der Waals surface area contributed by atoms with Crippen LogP contribution in [0.2, 0.25) is 0 Å². The van der Waals surface area contributed by atoms with Gasteiger partial charge in [0.05, 0.1) is 23.9 Å². The SMILES string of the molecule is CCCCN1C(=O)[C@@H](C(=O)OCC)[C@@H](c2ccco2)n2c1nc1ccccc12. The molecule has 0 N–H and O–H groups in total. The molecule has 0 aliphatic carbocycles. The first-order chi connectivity index (χ1) is 13.7. The second-order valence-corrected chi connectivity index (χ2v) is 6.80. The molecule has 3 heterocycles. The van der Waals surface area contributed by atoms with E-state index in [9.17, 15) is 9.59 Å². The summed E-state index contributed by atoms with van der Waals surface area (Å²) >= 11 is 0. The monoisotopic (exact) mass is 381 g/mol. The Bertz CT molecular complexity index is 992. The molecule has 1 aliphatic heterocycles. The Morgan fingerprint density at radius 3 is 2.75 bits per heavy atom. The molecule has 0 saturated carbocycles. The highest BCUT2D eigenvalue weighted by Crippen LogP contribution is 2.41. The number of amides is 1. The van der Waals surface area contributed by atoms with Crippen LogP contribution in [0, 0.1) is 5.92 Å². The number of carbonyl (C=O) groups excluding carboxylic acids is 2. The van der Waals surface area contributed by atoms with E-state index >= 15 is 0 Å². The van der Waals surface area contributed by atoms with Crippen LogP contribution in [-0.4, -0.2) is 34.6 Å². The molecule has 0 bridgehead atoms. The lowest BCUT2D eigenvalue weighted by Gasteiger charge is -2.36. The van der Waals surface area contributed by atoms with Crippen LogP contribution >= 0.6 is 0 Å². The Labute approximate surface area is 162 Å². The zero-order chi connectivity index (χ0) is 19.7. The summed E-state index contributed by atoms with van der Waals surface area (Å²) in [5.41, 5.74) is 1.62. The standard InChI is InChI=1S/C21H23N3O4/c1-3-5-12-23-19(25)17(20(26)27-4-2)18(16-11-8-13-28-16)24-15-10-7-6-9-14(15)22-21(23)24/h6-11,13,17-18H,3-5,12H2,1-2H3/t17-,18+/m0/s1. The van der Waals surface area contributed by atoms with E-state index in [0.29, 0.717) is 18.3 Å². The first kappa shape index (κ1) is 18.3. The molecule has 3 aromatic rings. The molecule has 2 atom stereocenters. The van der Waals surface area contributed by atoms with Gasteiger partial charge in [-0.15, -0.1) is 0 Å². The van der Waals surface area contributed by atoms with Crippen LogP contribution in [0.4, 0.5) is 5.95 Å². The molecule has 0 saturated heterocycles. The predicted molar refractivity (Wildman–Crippen MR) is 104 cm³/mol. The number of aromatic nitrogens is 2. The lowest BCUT2D eigenvalue weighted by molar-refractivity contribution is -0.153. The molecule has 0 spiro atoms. The van der Waals surface area contributed by atoms with Gasteiger partial charge in [-0.3, -0.25) is 19.1 Å². The molecule has 7 nitrogen and oxygen atoms in total. The van der Waals surface area contributed by atoms with Crippen molar-refractivity contribution in [3.05, 3.63) is 48.4 Å². The van der Waals surface area contributed by atoms with Crippen LogP contribution in [0.1, 0.15) is 38.5 Å². The van der Waals surface area contributed by atoms with E-state index in [1.54, 1.807) is 30.2 Å². The largest absolute Gasteiger partial charge is 0.467 e. The first-order valence-corrected chi connectivity index (χ1v) is 9.65. The van der Waals surface area contributed by atoms with Crippen LogP contribution in [0.5, 0.6) is 0 Å². The number of hydrogen-bond donors (Lipinski definition) is 0. The number of anilines is 1. The third kappa shape index (κ3) is 2.87. The minimum atomic E-state index is -1.02. The summed E-state index contributed by atoms with van der Waals surface area (Å²) in [4.78, 5) is 32.6. The lowest BCUT2D eigenvalue weighted by atomic mass is 9.93. The van der Waals surface area contributed by atoms with E-state index in [2.05, 4.69) is 6.92 Å². The molecule has 1 amide bonds. The average Bonchev–Trinajstić information content (AvgIpc) is 3.34. The van der Waals surface area contributed by atoms with Crippen molar-refractivity contribution in [1.29, 1.82) is 0 Å². The van der Waals surface area contributed by atoms with Crippen LogP contribution in [-0.2, 0) is 14.3 Å². The minimum absolute atomic E-state index is 0.208. The fourth-order valence-electron chi connectivity index (χ4n) is 3.79. The molecule has 0 fully saturated rings. The topological polar surface area (TPSA) is 77.6 Å². The number of hydrogen-bond acceptors (Lipinski definition) is 5. The molecular formula is C21H23N3O4. The molecule has 1 aliphatic rings. The van der Waals surface area contributed by atoms with Crippen molar-refractivity contribution < 1.29 is 18.7 Å². The molecule has 2 aromatic heterocycles. The number of fused-ring (bicyclic) bond motifs is 3. The molecular weight excluding hydrogens is 358 g/mol. The van der Waals surface area contributed by atoms with Gasteiger partial charge in [-0.25, -0.2) is 4.98 Å². The van der Waals surface area contributed by atoms with E-state index < -0.39 is 17.9 Å². The second-order valence-electron chi connectivity index (χ2n) is 6.80. The van der Waals surface area contributed by atoms with Gasteiger partial charge in [-0.2, -0.15) is 0 Å². The number of para-hydroxylation sites is 2. The fourth-order valence-corrected chi connectivity index (χ4v) is 3.79. The lowest BCUT2D eigenvalue weighted by Crippen LogP contribution is -2.50. The second kappa shape index (κ2) is 7.50. The summed E-state index contributed by atoms with van der Waals surface area (Å²) in [7, 11) is 0. The van der Waals surface area contributed by atoms with Crippen molar-refractivity contribution in [2.24, 2.45) is 5.92 Å². The Hall–Kier alpha value is -3.09. The van der Waals surface area contributed by atoms with Gasteiger partial charge in [0.15, 0.2) is 5.92 Å². The molecule has 146 valence electrons. The number of ether oxygens (including phenoxy) is 1. The van der Waals surface area contributed by atoms with Crippen molar-refractivity contribution in [3.8, 4) is 0 Å². The van der Waals surface area contributed by atoms with Crippen LogP contribution < -0.4 is 4.90 Å². The molecule has 4 rings (SSSR count). The van der Waals surface area contributed by atoms with Gasteiger partial charge >= 0.3 is 5.97 Å². The van der Waals surface area contributed by atoms with Crippen molar-refractivity contribution >= 4 is 28.9 Å². The van der Waals surface area contributed by atoms with Gasteiger partial charge in [0.1, 0.15) is 11.8 Å². The third-order valence-electron chi connectivity index (χ3n) is 5.06. The van der Waals surface area contributed by atoms with Gasteiger partial charge in [0, 0.05) is 6.54 Å². The highest BCUT2D eigenvalue weighted by Gasteiger charge is 2.48. The summed E-state index contributed by atoms with van der Waals surface area (Å²) in [5.74, 6) is -0.782. The highest BCUT2D eigenvalue weighted by molar-refractivity contribution is 6.08. The van der Waals surface area contributed by atoms with Gasteiger partial charge < -0.3 is 9.15 Å². The number of nitrogens with zero attached hydrogens (tertiary/aromatic N) is 3. The van der Waals surface area contributed by atoms with Gasteiger partial charge in [0.25, 0.3) is 0 Å². The number of carbonyl (C=O) groups is 2. The smallest absolute Gasteiger partial charge is 0.321 e. The quantitative estimate of drug-likeness (QED) is 0.482. The van der Waals surface area contributed by atoms with Crippen molar-refractivity contribution in [1.82, 2.24) is 9.55 Å². The number of furan rings is 1. The Kier molecular flexibility index (Phi) is 4.90. The molecule has 0 unspecified atom stereocenters. The maximum Gasteiger partial charge on any atom is 0.321 e. The Balaban J connectivity index is 1.95. The summed E-state index contributed by atoms with van der Waals surface area (Å²) in [6, 6.07) is 10.6. The van der Waals surface area contributed by atoms with Crippen LogP contribution in [0.15, 0.2) is 47.1 Å². The minimum Gasteiger partial charge on any atom is -0.467 e. The first-order valence-electron chi connectivity index (χ1n) is 9.65.